The third-order valence-corrected chi connectivity index (χ3v) is 2.62. The summed E-state index contributed by atoms with van der Waals surface area (Å²) in [6, 6.07) is 4.61. The molecule has 1 aliphatic heterocycles. The van der Waals surface area contributed by atoms with E-state index < -0.39 is 17.7 Å². The van der Waals surface area contributed by atoms with E-state index in [4.69, 9.17) is 0 Å². The van der Waals surface area contributed by atoms with Crippen molar-refractivity contribution in [2.75, 3.05) is 13.1 Å². The zero-order chi connectivity index (χ0) is 13.3. The Hall–Kier alpha value is -2.37. The molecule has 18 heavy (non-hydrogen) atoms. The van der Waals surface area contributed by atoms with Gasteiger partial charge in [-0.15, -0.1) is 0 Å². The molecule has 3 amide bonds. The molecule has 1 heterocycles. The highest BCUT2D eigenvalue weighted by Gasteiger charge is 2.28. The van der Waals surface area contributed by atoms with Gasteiger partial charge in [0.2, 0.25) is 11.8 Å². The number of aryl methyl sites for hydroxylation is 1. The molecule has 1 aliphatic rings. The molecule has 0 saturated carbocycles. The number of phenols is 1. The number of piperazine rings is 1. The Bertz CT molecular complexity index is 523. The fourth-order valence-corrected chi connectivity index (χ4v) is 1.77. The first-order valence-corrected chi connectivity index (χ1v) is 5.39. The fraction of sp³-hybridized carbons (Fsp3) is 0.250. The lowest BCUT2D eigenvalue weighted by Crippen LogP contribution is -2.53. The summed E-state index contributed by atoms with van der Waals surface area (Å²) in [7, 11) is 0. The van der Waals surface area contributed by atoms with E-state index in [1.807, 2.05) is 0 Å². The zero-order valence-electron chi connectivity index (χ0n) is 9.77. The molecule has 0 radical (unpaired) electrons. The molecule has 0 aliphatic carbocycles. The van der Waals surface area contributed by atoms with Crippen LogP contribution in [0.3, 0.4) is 0 Å². The van der Waals surface area contributed by atoms with Gasteiger partial charge in [0.05, 0.1) is 5.56 Å². The number of aromatic hydroxyl groups is 1. The van der Waals surface area contributed by atoms with Crippen LogP contribution in [0, 0.1) is 6.92 Å². The largest absolute Gasteiger partial charge is 0.507 e. The van der Waals surface area contributed by atoms with Crippen molar-refractivity contribution >= 4 is 17.7 Å². The Labute approximate surface area is 103 Å². The van der Waals surface area contributed by atoms with E-state index in [2.05, 4.69) is 5.32 Å². The van der Waals surface area contributed by atoms with Crippen molar-refractivity contribution in [3.8, 4) is 5.75 Å². The number of imide groups is 1. The number of rotatable bonds is 1. The predicted octanol–water partition coefficient (Wildman–Crippen LogP) is -0.201. The molecule has 6 nitrogen and oxygen atoms in total. The van der Waals surface area contributed by atoms with Gasteiger partial charge in [0.15, 0.2) is 0 Å². The summed E-state index contributed by atoms with van der Waals surface area (Å²) < 4.78 is 0. The zero-order valence-corrected chi connectivity index (χ0v) is 9.77. The summed E-state index contributed by atoms with van der Waals surface area (Å²) in [4.78, 5) is 35.5. The lowest BCUT2D eigenvalue weighted by atomic mass is 10.1. The number of benzene rings is 1. The van der Waals surface area contributed by atoms with Gasteiger partial charge in [-0.25, -0.2) is 0 Å². The quantitative estimate of drug-likeness (QED) is 0.674. The number of carbonyl (C=O) groups is 3. The third-order valence-electron chi connectivity index (χ3n) is 2.62. The van der Waals surface area contributed by atoms with Crippen molar-refractivity contribution in [2.24, 2.45) is 0 Å². The average Bonchev–Trinajstić information content (AvgIpc) is 2.26. The Balaban J connectivity index is 2.25. The van der Waals surface area contributed by atoms with Crippen LogP contribution in [-0.4, -0.2) is 40.8 Å². The lowest BCUT2D eigenvalue weighted by molar-refractivity contribution is -0.135. The van der Waals surface area contributed by atoms with Gasteiger partial charge in [-0.3, -0.25) is 19.7 Å². The van der Waals surface area contributed by atoms with Crippen molar-refractivity contribution in [3.63, 3.8) is 0 Å². The Morgan fingerprint density at radius 1 is 1.28 bits per heavy atom. The molecule has 0 bridgehead atoms. The molecule has 0 spiro atoms. The van der Waals surface area contributed by atoms with E-state index in [1.54, 1.807) is 13.0 Å². The minimum absolute atomic E-state index is 0.0862. The molecule has 2 rings (SSSR count). The van der Waals surface area contributed by atoms with E-state index in [9.17, 15) is 19.5 Å². The van der Waals surface area contributed by atoms with Gasteiger partial charge < -0.3 is 10.0 Å². The molecule has 0 aromatic heterocycles. The van der Waals surface area contributed by atoms with Crippen molar-refractivity contribution in [2.45, 2.75) is 6.92 Å². The van der Waals surface area contributed by atoms with Crippen LogP contribution in [0.1, 0.15) is 15.9 Å². The lowest BCUT2D eigenvalue weighted by Gasteiger charge is -2.25. The normalized spacial score (nSPS) is 15.5. The summed E-state index contributed by atoms with van der Waals surface area (Å²) in [6.45, 7) is 1.42. The molecule has 1 saturated heterocycles. The first-order valence-electron chi connectivity index (χ1n) is 5.39. The number of amides is 3. The maximum absolute atomic E-state index is 12.1. The molecule has 0 atom stereocenters. The molecule has 1 aromatic carbocycles. The monoisotopic (exact) mass is 248 g/mol. The van der Waals surface area contributed by atoms with Gasteiger partial charge in [0.1, 0.15) is 18.8 Å². The Kier molecular flexibility index (Phi) is 3.01. The minimum Gasteiger partial charge on any atom is -0.507 e. The standard InChI is InChI=1S/C12H12N2O4/c1-7-2-3-8(9(15)4-7)12(18)14-5-10(16)13-11(17)6-14/h2-4,15H,5-6H2,1H3,(H,13,16,17). The SMILES string of the molecule is Cc1ccc(C(=O)N2CC(=O)NC(=O)C2)c(O)c1. The number of nitrogens with one attached hydrogen (secondary N) is 1. The number of nitrogens with zero attached hydrogens (tertiary/aromatic N) is 1. The maximum Gasteiger partial charge on any atom is 0.258 e. The van der Waals surface area contributed by atoms with Crippen molar-refractivity contribution < 1.29 is 19.5 Å². The van der Waals surface area contributed by atoms with E-state index in [0.29, 0.717) is 0 Å². The van der Waals surface area contributed by atoms with Crippen LogP contribution in [0.2, 0.25) is 0 Å². The van der Waals surface area contributed by atoms with Crippen LogP contribution in [-0.2, 0) is 9.59 Å². The summed E-state index contributed by atoms with van der Waals surface area (Å²) in [5, 5.41) is 11.8. The van der Waals surface area contributed by atoms with Gasteiger partial charge in [-0.05, 0) is 24.6 Å². The Morgan fingerprint density at radius 2 is 1.89 bits per heavy atom. The topological polar surface area (TPSA) is 86.7 Å². The van der Waals surface area contributed by atoms with Gasteiger partial charge in [-0.2, -0.15) is 0 Å². The van der Waals surface area contributed by atoms with Gasteiger partial charge >= 0.3 is 0 Å². The average molecular weight is 248 g/mol. The highest BCUT2D eigenvalue weighted by atomic mass is 16.3. The smallest absolute Gasteiger partial charge is 0.258 e. The first-order chi connectivity index (χ1) is 8.47. The minimum atomic E-state index is -0.532. The molecule has 2 N–H and O–H groups in total. The van der Waals surface area contributed by atoms with E-state index in [0.717, 1.165) is 10.5 Å². The molecule has 94 valence electrons. The van der Waals surface area contributed by atoms with Gasteiger partial charge in [0.25, 0.3) is 5.91 Å². The van der Waals surface area contributed by atoms with Gasteiger partial charge in [0, 0.05) is 0 Å². The summed E-state index contributed by atoms with van der Waals surface area (Å²) in [5.74, 6) is -1.73. The highest BCUT2D eigenvalue weighted by molar-refractivity contribution is 6.06. The van der Waals surface area contributed by atoms with Crippen LogP contribution in [0.5, 0.6) is 5.75 Å². The second-order valence-electron chi connectivity index (χ2n) is 4.15. The molecular formula is C12H12N2O4. The van der Waals surface area contributed by atoms with Crippen molar-refractivity contribution in [1.82, 2.24) is 10.2 Å². The van der Waals surface area contributed by atoms with Crippen molar-refractivity contribution in [1.29, 1.82) is 0 Å². The van der Waals surface area contributed by atoms with E-state index in [1.165, 1.54) is 12.1 Å². The number of hydrogen-bond acceptors (Lipinski definition) is 4. The summed E-state index contributed by atoms with van der Waals surface area (Å²) >= 11 is 0. The fourth-order valence-electron chi connectivity index (χ4n) is 1.77. The maximum atomic E-state index is 12.1. The van der Waals surface area contributed by atoms with Crippen molar-refractivity contribution in [3.05, 3.63) is 29.3 Å². The summed E-state index contributed by atoms with van der Waals surface area (Å²) in [5.41, 5.74) is 0.902. The van der Waals surface area contributed by atoms with Crippen LogP contribution in [0.4, 0.5) is 0 Å². The predicted molar refractivity (Wildman–Crippen MR) is 61.9 cm³/mol. The second-order valence-corrected chi connectivity index (χ2v) is 4.15. The molecular weight excluding hydrogens is 236 g/mol. The Morgan fingerprint density at radius 3 is 2.44 bits per heavy atom. The number of carbonyl (C=O) groups excluding carboxylic acids is 3. The third kappa shape index (κ3) is 2.32. The van der Waals surface area contributed by atoms with E-state index >= 15 is 0 Å². The van der Waals surface area contributed by atoms with Gasteiger partial charge in [-0.1, -0.05) is 6.07 Å². The summed E-state index contributed by atoms with van der Waals surface area (Å²) in [6.07, 6.45) is 0. The second kappa shape index (κ2) is 4.48. The first kappa shape index (κ1) is 12.1. The van der Waals surface area contributed by atoms with Crippen LogP contribution < -0.4 is 5.32 Å². The van der Waals surface area contributed by atoms with Crippen LogP contribution in [0.25, 0.3) is 0 Å². The molecule has 6 heteroatoms. The number of phenolic OH excluding ortho intramolecular Hbond substituents is 1. The highest BCUT2D eigenvalue weighted by Crippen LogP contribution is 2.20. The molecule has 1 fully saturated rings. The molecule has 1 aromatic rings. The van der Waals surface area contributed by atoms with E-state index in [-0.39, 0.29) is 24.4 Å². The van der Waals surface area contributed by atoms with Crippen LogP contribution in [0.15, 0.2) is 18.2 Å². The van der Waals surface area contributed by atoms with Crippen LogP contribution >= 0.6 is 0 Å². The number of hydrogen-bond donors (Lipinski definition) is 2. The molecule has 0 unspecified atom stereocenters.